The minimum Gasteiger partial charge on any atom is -0.385 e. The fraction of sp³-hybridized carbons (Fsp3) is 0.489. The minimum absolute atomic E-state index is 0.00988. The molecule has 2 aliphatic rings. The van der Waals surface area contributed by atoms with Gasteiger partial charge in [-0.05, 0) is 95.7 Å². The molecule has 2 fully saturated rings. The van der Waals surface area contributed by atoms with E-state index < -0.39 is 0 Å². The molecule has 0 unspecified atom stereocenters. The SMILES string of the molecule is CC(=O)c1c(C)c2cnc(Nc3ccc(N4CCN(CC(=O)NCCCCCCCCNc5ccc(C)c(C(=O)Nc6nc(C)c(C)s6)c5)CC4)cn3)nc2n(C2CCCC2)c1=O. The van der Waals surface area contributed by atoms with Crippen molar-refractivity contribution in [3.63, 3.8) is 0 Å². The van der Waals surface area contributed by atoms with Crippen LogP contribution in [0.4, 0.5) is 28.3 Å². The van der Waals surface area contributed by atoms with E-state index in [4.69, 9.17) is 4.98 Å². The van der Waals surface area contributed by atoms with Crippen LogP contribution in [-0.4, -0.2) is 92.8 Å². The van der Waals surface area contributed by atoms with Gasteiger partial charge < -0.3 is 20.9 Å². The molecule has 1 aliphatic carbocycles. The molecule has 1 saturated carbocycles. The van der Waals surface area contributed by atoms with Crippen LogP contribution in [-0.2, 0) is 4.79 Å². The summed E-state index contributed by atoms with van der Waals surface area (Å²) in [6.45, 7) is 14.2. The second-order valence-corrected chi connectivity index (χ2v) is 18.1. The number of hydrogen-bond donors (Lipinski definition) is 4. The molecule has 0 radical (unpaired) electrons. The van der Waals surface area contributed by atoms with E-state index in [-0.39, 0.29) is 34.8 Å². The predicted octanol–water partition coefficient (Wildman–Crippen LogP) is 7.88. The fourth-order valence-electron chi connectivity index (χ4n) is 8.58. The van der Waals surface area contributed by atoms with Crippen molar-refractivity contribution in [1.29, 1.82) is 0 Å². The van der Waals surface area contributed by atoms with E-state index in [0.717, 1.165) is 124 Å². The first-order chi connectivity index (χ1) is 30.4. The third-order valence-corrected chi connectivity index (χ3v) is 13.3. The quantitative estimate of drug-likeness (QED) is 0.0467. The zero-order valence-electron chi connectivity index (χ0n) is 37.3. The van der Waals surface area contributed by atoms with Crippen molar-refractivity contribution in [2.45, 2.75) is 105 Å². The van der Waals surface area contributed by atoms with Crippen molar-refractivity contribution in [1.82, 2.24) is 34.7 Å². The van der Waals surface area contributed by atoms with Crippen molar-refractivity contribution in [3.05, 3.63) is 85.9 Å². The Kier molecular flexibility index (Phi) is 15.2. The summed E-state index contributed by atoms with van der Waals surface area (Å²) in [7, 11) is 0. The Morgan fingerprint density at radius 2 is 1.57 bits per heavy atom. The van der Waals surface area contributed by atoms with Gasteiger partial charge in [-0.2, -0.15) is 4.98 Å². The molecule has 15 nitrogen and oxygen atoms in total. The highest BCUT2D eigenvalue weighted by Crippen LogP contribution is 2.32. The first-order valence-corrected chi connectivity index (χ1v) is 23.3. The number of rotatable bonds is 19. The molecule has 1 aromatic carbocycles. The Bertz CT molecular complexity index is 2450. The number of carbonyl (C=O) groups excluding carboxylic acids is 3. The number of nitrogens with zero attached hydrogens (tertiary/aromatic N) is 7. The van der Waals surface area contributed by atoms with Gasteiger partial charge in [0.1, 0.15) is 11.5 Å². The number of ketones is 1. The van der Waals surface area contributed by atoms with Gasteiger partial charge in [0.25, 0.3) is 11.5 Å². The van der Waals surface area contributed by atoms with Crippen LogP contribution in [0.5, 0.6) is 0 Å². The molecule has 16 heteroatoms. The molecule has 7 rings (SSSR count). The van der Waals surface area contributed by atoms with Gasteiger partial charge in [0, 0.05) is 73.0 Å². The van der Waals surface area contributed by atoms with Crippen molar-refractivity contribution in [2.24, 2.45) is 0 Å². The summed E-state index contributed by atoms with van der Waals surface area (Å²) in [4.78, 5) is 75.6. The maximum atomic E-state index is 13.6. The van der Waals surface area contributed by atoms with Gasteiger partial charge in [0.05, 0.1) is 29.7 Å². The summed E-state index contributed by atoms with van der Waals surface area (Å²) >= 11 is 1.49. The lowest BCUT2D eigenvalue weighted by Gasteiger charge is -2.35. The number of pyridine rings is 2. The molecule has 1 aliphatic heterocycles. The highest BCUT2D eigenvalue weighted by Gasteiger charge is 2.26. The fourth-order valence-corrected chi connectivity index (χ4v) is 9.39. The van der Waals surface area contributed by atoms with E-state index in [9.17, 15) is 19.2 Å². The zero-order valence-corrected chi connectivity index (χ0v) is 38.1. The number of Topliss-reactive ketones (excluding diaryl/α,β-unsaturated/α-hetero) is 1. The predicted molar refractivity (Wildman–Crippen MR) is 252 cm³/mol. The number of anilines is 5. The van der Waals surface area contributed by atoms with Crippen LogP contribution in [0.25, 0.3) is 11.0 Å². The number of benzene rings is 1. The normalized spacial score (nSPS) is 14.6. The molecule has 0 spiro atoms. The number of nitrogens with one attached hydrogen (secondary N) is 4. The number of aryl methyl sites for hydroxylation is 4. The molecule has 0 bridgehead atoms. The average molecular weight is 876 g/mol. The van der Waals surface area contributed by atoms with E-state index in [1.807, 2.05) is 57.3 Å². The molecule has 5 heterocycles. The summed E-state index contributed by atoms with van der Waals surface area (Å²) in [5, 5.41) is 14.1. The number of hydrogen-bond acceptors (Lipinski definition) is 13. The lowest BCUT2D eigenvalue weighted by molar-refractivity contribution is -0.122. The van der Waals surface area contributed by atoms with Gasteiger partial charge in [-0.25, -0.2) is 15.0 Å². The Morgan fingerprint density at radius 1 is 0.841 bits per heavy atom. The second kappa shape index (κ2) is 21.1. The van der Waals surface area contributed by atoms with Crippen LogP contribution in [0.1, 0.15) is 120 Å². The molecular formula is C47H61N11O4S. The largest absolute Gasteiger partial charge is 0.385 e. The Morgan fingerprint density at radius 3 is 2.25 bits per heavy atom. The van der Waals surface area contributed by atoms with Crippen LogP contribution >= 0.6 is 11.3 Å². The lowest BCUT2D eigenvalue weighted by Crippen LogP contribution is -2.49. The summed E-state index contributed by atoms with van der Waals surface area (Å²) in [5.74, 6) is 0.617. The molecule has 2 amide bonds. The summed E-state index contributed by atoms with van der Waals surface area (Å²) in [6.07, 6.45) is 13.9. The number of fused-ring (bicyclic) bond motifs is 1. The maximum Gasteiger partial charge on any atom is 0.263 e. The van der Waals surface area contributed by atoms with Crippen molar-refractivity contribution in [3.8, 4) is 0 Å². The standard InChI is InChI=1S/C47H61N11O4S/c1-30-16-17-35(26-38(30)44(61)55-47-52-32(3)34(5)63-47)48-20-12-8-6-7-9-13-21-49-41(60)29-56-22-24-57(25-23-56)37-18-19-40(50-27-37)53-46-51-28-39-31(2)42(33(4)59)45(62)58(43(39)54-46)36-14-10-11-15-36/h16-19,26-28,36,48H,6-15,20-25,29H2,1-5H3,(H,49,60)(H,52,55,61)(H,50,51,53,54). The average Bonchev–Trinajstić information content (AvgIpc) is 3.91. The molecule has 4 N–H and O–H groups in total. The minimum atomic E-state index is -0.274. The van der Waals surface area contributed by atoms with Gasteiger partial charge in [0.15, 0.2) is 10.9 Å². The number of thiazole rings is 1. The van der Waals surface area contributed by atoms with Crippen LogP contribution in [0.15, 0.2) is 47.5 Å². The Labute approximate surface area is 373 Å². The smallest absolute Gasteiger partial charge is 0.263 e. The molecule has 4 aromatic heterocycles. The van der Waals surface area contributed by atoms with Crippen LogP contribution in [0, 0.1) is 27.7 Å². The molecule has 5 aromatic rings. The van der Waals surface area contributed by atoms with E-state index in [1.165, 1.54) is 18.3 Å². The summed E-state index contributed by atoms with van der Waals surface area (Å²) in [6, 6.07) is 9.84. The number of amides is 2. The van der Waals surface area contributed by atoms with Crippen molar-refractivity contribution < 1.29 is 14.4 Å². The lowest BCUT2D eigenvalue weighted by atomic mass is 10.0. The molecule has 63 heavy (non-hydrogen) atoms. The topological polar surface area (TPSA) is 179 Å². The van der Waals surface area contributed by atoms with Gasteiger partial charge in [-0.1, -0.05) is 44.6 Å². The number of carbonyl (C=O) groups is 3. The molecule has 0 atom stereocenters. The van der Waals surface area contributed by atoms with Gasteiger partial charge >= 0.3 is 0 Å². The molecule has 1 saturated heterocycles. The zero-order chi connectivity index (χ0) is 44.5. The number of aromatic nitrogens is 5. The Balaban J connectivity index is 0.765. The van der Waals surface area contributed by atoms with Gasteiger partial charge in [-0.3, -0.25) is 34.0 Å². The first-order valence-electron chi connectivity index (χ1n) is 22.4. The van der Waals surface area contributed by atoms with Crippen LogP contribution in [0.3, 0.4) is 0 Å². The Hall–Kier alpha value is -5.74. The highest BCUT2D eigenvalue weighted by molar-refractivity contribution is 7.15. The second-order valence-electron chi connectivity index (χ2n) is 16.9. The van der Waals surface area contributed by atoms with Gasteiger partial charge in [0.2, 0.25) is 11.9 Å². The third kappa shape index (κ3) is 11.5. The molecule has 334 valence electrons. The molecular weight excluding hydrogens is 815 g/mol. The number of unbranched alkanes of at least 4 members (excludes halogenated alkanes) is 5. The summed E-state index contributed by atoms with van der Waals surface area (Å²) in [5.41, 5.74) is 5.56. The van der Waals surface area contributed by atoms with E-state index in [2.05, 4.69) is 46.0 Å². The van der Waals surface area contributed by atoms with Crippen LogP contribution < -0.4 is 31.7 Å². The first kappa shape index (κ1) is 45.3. The van der Waals surface area contributed by atoms with E-state index in [1.54, 1.807) is 17.7 Å². The van der Waals surface area contributed by atoms with E-state index >= 15 is 0 Å². The highest BCUT2D eigenvalue weighted by atomic mass is 32.1. The van der Waals surface area contributed by atoms with Crippen molar-refractivity contribution >= 4 is 68.2 Å². The van der Waals surface area contributed by atoms with Gasteiger partial charge in [-0.15, -0.1) is 11.3 Å². The monoisotopic (exact) mass is 875 g/mol. The summed E-state index contributed by atoms with van der Waals surface area (Å²) < 4.78 is 1.71. The van der Waals surface area contributed by atoms with E-state index in [0.29, 0.717) is 52.1 Å². The van der Waals surface area contributed by atoms with Crippen molar-refractivity contribution in [2.75, 3.05) is 66.7 Å². The maximum absolute atomic E-state index is 13.6. The third-order valence-electron chi connectivity index (χ3n) is 12.3. The van der Waals surface area contributed by atoms with Crippen LogP contribution in [0.2, 0.25) is 0 Å². The number of piperazine rings is 1.